The highest BCUT2D eigenvalue weighted by atomic mass is 32.2. The topological polar surface area (TPSA) is 82.4 Å². The Kier molecular flexibility index (Phi) is 5.00. The first kappa shape index (κ1) is 17.4. The van der Waals surface area contributed by atoms with Gasteiger partial charge in [-0.2, -0.15) is 5.26 Å². The van der Waals surface area contributed by atoms with Gasteiger partial charge in [0.05, 0.1) is 31.0 Å². The summed E-state index contributed by atoms with van der Waals surface area (Å²) in [5.41, 5.74) is 1.55. The van der Waals surface area contributed by atoms with Gasteiger partial charge in [0, 0.05) is 23.9 Å². The molecule has 3 rings (SSSR count). The highest BCUT2D eigenvalue weighted by Crippen LogP contribution is 2.44. The van der Waals surface area contributed by atoms with Crippen molar-refractivity contribution in [1.82, 2.24) is 10.2 Å². The van der Waals surface area contributed by atoms with E-state index in [2.05, 4.69) is 11.4 Å². The lowest BCUT2D eigenvalue weighted by molar-refractivity contribution is -0.128. The van der Waals surface area contributed by atoms with Crippen LogP contribution in [0.2, 0.25) is 0 Å². The maximum absolute atomic E-state index is 12.5. The van der Waals surface area contributed by atoms with E-state index in [0.717, 1.165) is 10.5 Å². The predicted molar refractivity (Wildman–Crippen MR) is 94.8 cm³/mol. The van der Waals surface area contributed by atoms with Crippen molar-refractivity contribution >= 4 is 23.6 Å². The maximum Gasteiger partial charge on any atom is 0.252 e. The van der Waals surface area contributed by atoms with Gasteiger partial charge in [-0.1, -0.05) is 6.07 Å². The van der Waals surface area contributed by atoms with Crippen LogP contribution in [-0.2, 0) is 4.79 Å². The van der Waals surface area contributed by atoms with Gasteiger partial charge in [-0.3, -0.25) is 9.59 Å². The fourth-order valence-electron chi connectivity index (χ4n) is 3.10. The molecule has 0 saturated heterocycles. The number of carbonyl (C=O) groups is 2. The molecule has 0 spiro atoms. The van der Waals surface area contributed by atoms with Crippen molar-refractivity contribution in [2.24, 2.45) is 5.92 Å². The van der Waals surface area contributed by atoms with E-state index in [0.29, 0.717) is 30.8 Å². The van der Waals surface area contributed by atoms with Crippen molar-refractivity contribution in [1.29, 1.82) is 5.26 Å². The van der Waals surface area contributed by atoms with Crippen molar-refractivity contribution in [3.8, 4) is 11.8 Å². The third-order valence-electron chi connectivity index (χ3n) is 4.48. The van der Waals surface area contributed by atoms with Crippen molar-refractivity contribution in [2.45, 2.75) is 18.7 Å². The van der Waals surface area contributed by atoms with Crippen LogP contribution >= 0.6 is 11.8 Å². The van der Waals surface area contributed by atoms with Gasteiger partial charge in [-0.25, -0.2) is 0 Å². The maximum atomic E-state index is 12.5. The Bertz CT molecular complexity index is 784. The Labute approximate surface area is 150 Å². The van der Waals surface area contributed by atoms with Gasteiger partial charge < -0.3 is 15.0 Å². The van der Waals surface area contributed by atoms with E-state index < -0.39 is 0 Å². The normalized spacial score (nSPS) is 22.2. The van der Waals surface area contributed by atoms with E-state index in [-0.39, 0.29) is 23.1 Å². The number of nitriles is 1. The number of rotatable bonds is 3. The molecule has 0 aliphatic carbocycles. The number of benzene rings is 1. The second kappa shape index (κ2) is 7.19. The number of nitrogens with one attached hydrogen (secondary N) is 1. The number of carbonyl (C=O) groups excluding carboxylic acids is 2. The average molecular weight is 357 g/mol. The molecule has 0 fully saturated rings. The highest BCUT2D eigenvalue weighted by molar-refractivity contribution is 8.04. The van der Waals surface area contributed by atoms with E-state index in [9.17, 15) is 14.9 Å². The summed E-state index contributed by atoms with van der Waals surface area (Å²) in [6, 6.07) is 9.22. The number of amides is 2. The first-order valence-electron chi connectivity index (χ1n) is 8.02. The van der Waals surface area contributed by atoms with Crippen LogP contribution in [0.5, 0.6) is 5.75 Å². The molecule has 0 aromatic heterocycles. The van der Waals surface area contributed by atoms with Crippen molar-refractivity contribution in [2.75, 3.05) is 20.2 Å². The Hall–Kier alpha value is -2.46. The summed E-state index contributed by atoms with van der Waals surface area (Å²) in [6.45, 7) is 2.71. The highest BCUT2D eigenvalue weighted by Gasteiger charge is 2.39. The van der Waals surface area contributed by atoms with Crippen LogP contribution in [0.4, 0.5) is 0 Å². The molecule has 2 heterocycles. The van der Waals surface area contributed by atoms with Crippen LogP contribution < -0.4 is 10.1 Å². The molecule has 2 aliphatic heterocycles. The SMILES string of the molecule is COc1cccc(C(=O)NC2SC3=C(CCN(C(C)=O)C3)C2C#N)c1. The summed E-state index contributed by atoms with van der Waals surface area (Å²) in [7, 11) is 1.55. The minimum Gasteiger partial charge on any atom is -0.497 e. The van der Waals surface area contributed by atoms with Gasteiger partial charge in [0.1, 0.15) is 5.75 Å². The van der Waals surface area contributed by atoms with Gasteiger partial charge >= 0.3 is 0 Å². The van der Waals surface area contributed by atoms with E-state index in [4.69, 9.17) is 4.74 Å². The molecule has 7 heteroatoms. The number of methoxy groups -OCH3 is 1. The first-order chi connectivity index (χ1) is 12.0. The summed E-state index contributed by atoms with van der Waals surface area (Å²) < 4.78 is 5.15. The third kappa shape index (κ3) is 3.49. The van der Waals surface area contributed by atoms with E-state index >= 15 is 0 Å². The molecule has 2 aliphatic rings. The van der Waals surface area contributed by atoms with Crippen LogP contribution in [0, 0.1) is 17.2 Å². The van der Waals surface area contributed by atoms with Gasteiger partial charge in [-0.15, -0.1) is 11.8 Å². The summed E-state index contributed by atoms with van der Waals surface area (Å²) in [4.78, 5) is 26.9. The van der Waals surface area contributed by atoms with Crippen molar-refractivity contribution in [3.05, 3.63) is 40.3 Å². The number of hydrogen-bond donors (Lipinski definition) is 1. The third-order valence-corrected chi connectivity index (χ3v) is 5.80. The van der Waals surface area contributed by atoms with Crippen LogP contribution in [0.15, 0.2) is 34.7 Å². The van der Waals surface area contributed by atoms with Crippen LogP contribution in [-0.4, -0.2) is 42.3 Å². The zero-order chi connectivity index (χ0) is 18.0. The lowest BCUT2D eigenvalue weighted by Crippen LogP contribution is -2.36. The molecular weight excluding hydrogens is 338 g/mol. The molecule has 1 N–H and O–H groups in total. The molecule has 2 atom stereocenters. The number of ether oxygens (including phenoxy) is 1. The second-order valence-electron chi connectivity index (χ2n) is 5.99. The Morgan fingerprint density at radius 3 is 2.92 bits per heavy atom. The number of thioether (sulfide) groups is 1. The minimum absolute atomic E-state index is 0.0320. The van der Waals surface area contributed by atoms with Crippen LogP contribution in [0.25, 0.3) is 0 Å². The lowest BCUT2D eigenvalue weighted by atomic mass is 9.94. The zero-order valence-corrected chi connectivity index (χ0v) is 14.9. The van der Waals surface area contributed by atoms with E-state index in [1.165, 1.54) is 11.8 Å². The molecule has 0 bridgehead atoms. The summed E-state index contributed by atoms with van der Waals surface area (Å²) in [5.74, 6) is 0.0474. The molecule has 1 aromatic rings. The van der Waals surface area contributed by atoms with E-state index in [1.54, 1.807) is 43.2 Å². The minimum atomic E-state index is -0.358. The van der Waals surface area contributed by atoms with Gasteiger partial charge in [0.15, 0.2) is 0 Å². The van der Waals surface area contributed by atoms with Crippen molar-refractivity contribution < 1.29 is 14.3 Å². The van der Waals surface area contributed by atoms with Gasteiger partial charge in [0.25, 0.3) is 5.91 Å². The quantitative estimate of drug-likeness (QED) is 0.896. The van der Waals surface area contributed by atoms with Gasteiger partial charge in [0.2, 0.25) is 5.91 Å². The molecular formula is C18H19N3O3S. The monoisotopic (exact) mass is 357 g/mol. The Morgan fingerprint density at radius 2 is 2.24 bits per heavy atom. The lowest BCUT2D eigenvalue weighted by Gasteiger charge is -2.27. The fourth-order valence-corrected chi connectivity index (χ4v) is 4.54. The van der Waals surface area contributed by atoms with Crippen LogP contribution in [0.3, 0.4) is 0 Å². The standard InChI is InChI=1S/C18H19N3O3S/c1-11(22)21-7-6-14-15(9-19)18(25-16(14)10-21)20-17(23)12-4-3-5-13(8-12)24-2/h3-5,8,15,18H,6-7,10H2,1-2H3,(H,20,23). The molecule has 6 nitrogen and oxygen atoms in total. The molecule has 1 aromatic carbocycles. The van der Waals surface area contributed by atoms with Gasteiger partial charge in [-0.05, 0) is 30.2 Å². The summed E-state index contributed by atoms with van der Waals surface area (Å²) in [6.07, 6.45) is 0.686. The molecule has 25 heavy (non-hydrogen) atoms. The Balaban J connectivity index is 1.73. The molecule has 0 saturated carbocycles. The second-order valence-corrected chi connectivity index (χ2v) is 7.23. The smallest absolute Gasteiger partial charge is 0.252 e. The van der Waals surface area contributed by atoms with E-state index in [1.807, 2.05) is 0 Å². The number of nitrogens with zero attached hydrogens (tertiary/aromatic N) is 2. The molecule has 130 valence electrons. The number of hydrogen-bond acceptors (Lipinski definition) is 5. The summed E-state index contributed by atoms with van der Waals surface area (Å²) >= 11 is 1.48. The fraction of sp³-hybridized carbons (Fsp3) is 0.389. The molecule has 0 radical (unpaired) electrons. The molecule has 2 amide bonds. The summed E-state index contributed by atoms with van der Waals surface area (Å²) in [5, 5.41) is 12.2. The van der Waals surface area contributed by atoms with Crippen LogP contribution in [0.1, 0.15) is 23.7 Å². The predicted octanol–water partition coefficient (Wildman–Crippen LogP) is 2.14. The zero-order valence-electron chi connectivity index (χ0n) is 14.1. The van der Waals surface area contributed by atoms with Crippen molar-refractivity contribution in [3.63, 3.8) is 0 Å². The Morgan fingerprint density at radius 1 is 1.44 bits per heavy atom. The molecule has 2 unspecified atom stereocenters. The average Bonchev–Trinajstić information content (AvgIpc) is 2.97. The first-order valence-corrected chi connectivity index (χ1v) is 8.90. The largest absolute Gasteiger partial charge is 0.497 e.